The molecule has 254 valence electrons. The van der Waals surface area contributed by atoms with E-state index in [1.165, 1.54) is 96.3 Å². The van der Waals surface area contributed by atoms with Crippen molar-refractivity contribution in [1.29, 1.82) is 0 Å². The fourth-order valence-corrected chi connectivity index (χ4v) is 5.26. The van der Waals surface area contributed by atoms with E-state index in [9.17, 15) is 14.4 Å². The summed E-state index contributed by atoms with van der Waals surface area (Å²) in [6.07, 6.45) is 29.7. The van der Waals surface area contributed by atoms with Crippen molar-refractivity contribution >= 4 is 17.9 Å². The second-order valence-corrected chi connectivity index (χ2v) is 12.5. The molecule has 0 aromatic carbocycles. The van der Waals surface area contributed by atoms with Gasteiger partial charge in [0.25, 0.3) is 0 Å². The molecule has 43 heavy (non-hydrogen) atoms. The molecule has 0 aromatic rings. The highest BCUT2D eigenvalue weighted by molar-refractivity contribution is 5.71. The highest BCUT2D eigenvalue weighted by atomic mass is 16.6. The summed E-state index contributed by atoms with van der Waals surface area (Å²) in [7, 11) is 0. The average molecular weight is 611 g/mol. The summed E-state index contributed by atoms with van der Waals surface area (Å²) in [6, 6.07) is 0. The number of esters is 3. The molecule has 1 unspecified atom stereocenters. The minimum absolute atomic E-state index is 0.0653. The van der Waals surface area contributed by atoms with Gasteiger partial charge in [-0.3, -0.25) is 14.4 Å². The lowest BCUT2D eigenvalue weighted by atomic mass is 10.1. The number of carbonyl (C=O) groups is 3. The largest absolute Gasteiger partial charge is 0.462 e. The zero-order valence-corrected chi connectivity index (χ0v) is 28.7. The molecule has 0 radical (unpaired) electrons. The number of unbranched alkanes of at least 4 members (excludes halogenated alkanes) is 22. The molecular weight excluding hydrogens is 540 g/mol. The molecule has 6 heteroatoms. The van der Waals surface area contributed by atoms with Crippen LogP contribution in [-0.2, 0) is 28.6 Å². The van der Waals surface area contributed by atoms with E-state index < -0.39 is 6.10 Å². The molecule has 0 N–H and O–H groups in total. The van der Waals surface area contributed by atoms with E-state index in [1.54, 1.807) is 0 Å². The lowest BCUT2D eigenvalue weighted by Crippen LogP contribution is -2.30. The minimum Gasteiger partial charge on any atom is -0.462 e. The molecule has 0 bridgehead atoms. The molecule has 6 nitrogen and oxygen atoms in total. The lowest BCUT2D eigenvalue weighted by molar-refractivity contribution is -0.167. The molecule has 0 aliphatic carbocycles. The van der Waals surface area contributed by atoms with Crippen LogP contribution in [0.15, 0.2) is 0 Å². The predicted molar refractivity (Wildman–Crippen MR) is 178 cm³/mol. The Bertz CT molecular complexity index is 635. The number of hydrogen-bond donors (Lipinski definition) is 0. The Kier molecular flexibility index (Phi) is 32.1. The number of ether oxygens (including phenoxy) is 3. The Morgan fingerprint density at radius 1 is 0.372 bits per heavy atom. The SMILES string of the molecule is CCCCCCCCCCCCCC(=O)OCC(COC(=O)CCCCCCC)OC(=O)CCCCCCCCCCC. The van der Waals surface area contributed by atoms with E-state index in [1.807, 2.05) is 0 Å². The molecule has 0 spiro atoms. The highest BCUT2D eigenvalue weighted by Gasteiger charge is 2.19. The second-order valence-electron chi connectivity index (χ2n) is 12.5. The first-order chi connectivity index (χ1) is 21.0. The molecule has 0 aliphatic rings. The van der Waals surface area contributed by atoms with Gasteiger partial charge in [0.2, 0.25) is 0 Å². The van der Waals surface area contributed by atoms with E-state index in [-0.39, 0.29) is 31.1 Å². The molecule has 0 fully saturated rings. The maximum absolute atomic E-state index is 12.5. The molecule has 0 heterocycles. The van der Waals surface area contributed by atoms with Crippen LogP contribution in [0.2, 0.25) is 0 Å². The predicted octanol–water partition coefficient (Wildman–Crippen LogP) is 11.0. The standard InChI is InChI=1S/C37H70O6/c1-4-7-10-13-15-17-18-20-21-24-27-30-36(39)42-33-34(32-41-35(38)29-26-23-12-9-6-3)43-37(40)31-28-25-22-19-16-14-11-8-5-2/h34H,4-33H2,1-3H3. The van der Waals surface area contributed by atoms with Gasteiger partial charge in [0.05, 0.1) is 0 Å². The van der Waals surface area contributed by atoms with E-state index in [0.717, 1.165) is 64.2 Å². The number of carbonyl (C=O) groups excluding carboxylic acids is 3. The van der Waals surface area contributed by atoms with Gasteiger partial charge >= 0.3 is 17.9 Å². The Morgan fingerprint density at radius 2 is 0.628 bits per heavy atom. The summed E-state index contributed by atoms with van der Waals surface area (Å²) < 4.78 is 16.5. The van der Waals surface area contributed by atoms with Crippen molar-refractivity contribution in [3.05, 3.63) is 0 Å². The van der Waals surface area contributed by atoms with Crippen molar-refractivity contribution in [1.82, 2.24) is 0 Å². The summed E-state index contributed by atoms with van der Waals surface area (Å²) in [5.41, 5.74) is 0. The minimum atomic E-state index is -0.753. The molecule has 0 aliphatic heterocycles. The third-order valence-corrected chi connectivity index (χ3v) is 8.11. The zero-order valence-electron chi connectivity index (χ0n) is 28.7. The zero-order chi connectivity index (χ0) is 31.6. The van der Waals surface area contributed by atoms with Gasteiger partial charge in [-0.05, 0) is 19.3 Å². The van der Waals surface area contributed by atoms with Crippen LogP contribution in [0, 0.1) is 0 Å². The van der Waals surface area contributed by atoms with Crippen molar-refractivity contribution < 1.29 is 28.6 Å². The van der Waals surface area contributed by atoms with E-state index >= 15 is 0 Å². The van der Waals surface area contributed by atoms with Crippen LogP contribution in [0.3, 0.4) is 0 Å². The van der Waals surface area contributed by atoms with E-state index in [2.05, 4.69) is 20.8 Å². The normalized spacial score (nSPS) is 11.8. The first kappa shape index (κ1) is 41.4. The summed E-state index contributed by atoms with van der Waals surface area (Å²) in [6.45, 7) is 6.51. The van der Waals surface area contributed by atoms with Crippen LogP contribution in [0.5, 0.6) is 0 Å². The summed E-state index contributed by atoms with van der Waals surface area (Å²) in [5, 5.41) is 0. The number of hydrogen-bond acceptors (Lipinski definition) is 6. The Labute approximate surface area is 266 Å². The topological polar surface area (TPSA) is 78.9 Å². The molecular formula is C37H70O6. The van der Waals surface area contributed by atoms with Gasteiger partial charge in [0, 0.05) is 19.3 Å². The second kappa shape index (κ2) is 33.3. The Hall–Kier alpha value is -1.59. The monoisotopic (exact) mass is 611 g/mol. The Balaban J connectivity index is 4.28. The summed E-state index contributed by atoms with van der Waals surface area (Å²) in [5.74, 6) is -0.882. The third kappa shape index (κ3) is 31.6. The first-order valence-electron chi connectivity index (χ1n) is 18.5. The van der Waals surface area contributed by atoms with Crippen molar-refractivity contribution in [2.45, 2.75) is 207 Å². The van der Waals surface area contributed by atoms with Crippen molar-refractivity contribution in [3.63, 3.8) is 0 Å². The number of rotatable bonds is 33. The first-order valence-corrected chi connectivity index (χ1v) is 18.5. The molecule has 1 atom stereocenters. The van der Waals surface area contributed by atoms with Crippen molar-refractivity contribution in [2.75, 3.05) is 13.2 Å². The van der Waals surface area contributed by atoms with Crippen LogP contribution in [0.4, 0.5) is 0 Å². The maximum atomic E-state index is 12.5. The fraction of sp³-hybridized carbons (Fsp3) is 0.919. The average Bonchev–Trinajstić information content (AvgIpc) is 3.00. The smallest absolute Gasteiger partial charge is 0.306 e. The molecule has 0 saturated heterocycles. The van der Waals surface area contributed by atoms with E-state index in [0.29, 0.717) is 19.3 Å². The van der Waals surface area contributed by atoms with Gasteiger partial charge in [0.1, 0.15) is 13.2 Å². The van der Waals surface area contributed by atoms with Gasteiger partial charge < -0.3 is 14.2 Å². The van der Waals surface area contributed by atoms with E-state index in [4.69, 9.17) is 14.2 Å². The summed E-state index contributed by atoms with van der Waals surface area (Å²) in [4.78, 5) is 37.1. The van der Waals surface area contributed by atoms with Crippen molar-refractivity contribution in [2.24, 2.45) is 0 Å². The van der Waals surface area contributed by atoms with Gasteiger partial charge in [-0.2, -0.15) is 0 Å². The highest BCUT2D eigenvalue weighted by Crippen LogP contribution is 2.14. The van der Waals surface area contributed by atoms with Gasteiger partial charge in [0.15, 0.2) is 6.10 Å². The molecule has 0 aromatic heterocycles. The van der Waals surface area contributed by atoms with Crippen LogP contribution in [-0.4, -0.2) is 37.2 Å². The van der Waals surface area contributed by atoms with Crippen molar-refractivity contribution in [3.8, 4) is 0 Å². The summed E-state index contributed by atoms with van der Waals surface area (Å²) >= 11 is 0. The van der Waals surface area contributed by atoms with Crippen LogP contribution < -0.4 is 0 Å². The van der Waals surface area contributed by atoms with Gasteiger partial charge in [-0.25, -0.2) is 0 Å². The molecule has 0 amide bonds. The van der Waals surface area contributed by atoms with Gasteiger partial charge in [-0.15, -0.1) is 0 Å². The maximum Gasteiger partial charge on any atom is 0.306 e. The van der Waals surface area contributed by atoms with Gasteiger partial charge in [-0.1, -0.05) is 162 Å². The third-order valence-electron chi connectivity index (χ3n) is 8.11. The van der Waals surface area contributed by atoms with Crippen LogP contribution in [0.1, 0.15) is 201 Å². The lowest BCUT2D eigenvalue weighted by Gasteiger charge is -2.18. The van der Waals surface area contributed by atoms with Crippen LogP contribution in [0.25, 0.3) is 0 Å². The Morgan fingerprint density at radius 3 is 0.930 bits per heavy atom. The quantitative estimate of drug-likeness (QED) is 0.0418. The molecule has 0 rings (SSSR count). The van der Waals surface area contributed by atoms with Crippen LogP contribution >= 0.6 is 0 Å². The fourth-order valence-electron chi connectivity index (χ4n) is 5.26. The molecule has 0 saturated carbocycles.